The van der Waals surface area contributed by atoms with E-state index in [9.17, 15) is 9.90 Å². The minimum Gasteiger partial charge on any atom is -0.390 e. The van der Waals surface area contributed by atoms with Crippen molar-refractivity contribution in [2.45, 2.75) is 38.2 Å². The largest absolute Gasteiger partial charge is 0.390 e. The number of carbonyl (C=O) groups is 1. The van der Waals surface area contributed by atoms with Gasteiger partial charge in [-0.1, -0.05) is 0 Å². The van der Waals surface area contributed by atoms with Crippen LogP contribution in [0.5, 0.6) is 0 Å². The summed E-state index contributed by atoms with van der Waals surface area (Å²) < 4.78 is 0. The van der Waals surface area contributed by atoms with Crippen LogP contribution in [0.15, 0.2) is 0 Å². The van der Waals surface area contributed by atoms with E-state index in [0.29, 0.717) is 25.9 Å². The highest BCUT2D eigenvalue weighted by molar-refractivity contribution is 5.74. The van der Waals surface area contributed by atoms with Gasteiger partial charge < -0.3 is 14.9 Å². The van der Waals surface area contributed by atoms with Crippen LogP contribution in [0.25, 0.3) is 0 Å². The maximum Gasteiger partial charge on any atom is 0.320 e. The summed E-state index contributed by atoms with van der Waals surface area (Å²) in [5, 5.41) is 9.79. The van der Waals surface area contributed by atoms with Gasteiger partial charge >= 0.3 is 6.03 Å². The molecule has 0 atom stereocenters. The summed E-state index contributed by atoms with van der Waals surface area (Å²) in [6, 6.07) is 0.169. The summed E-state index contributed by atoms with van der Waals surface area (Å²) in [5.74, 6) is 0. The number of urea groups is 1. The van der Waals surface area contributed by atoms with Gasteiger partial charge in [-0.15, -0.1) is 0 Å². The first-order chi connectivity index (χ1) is 7.08. The van der Waals surface area contributed by atoms with Gasteiger partial charge in [-0.2, -0.15) is 0 Å². The minimum atomic E-state index is -0.568. The van der Waals surface area contributed by atoms with E-state index in [4.69, 9.17) is 0 Å². The van der Waals surface area contributed by atoms with Crippen molar-refractivity contribution in [1.82, 2.24) is 9.80 Å². The smallest absolute Gasteiger partial charge is 0.320 e. The zero-order valence-corrected chi connectivity index (χ0v) is 9.41. The third-order valence-corrected chi connectivity index (χ3v) is 3.49. The highest BCUT2D eigenvalue weighted by atomic mass is 16.3. The topological polar surface area (TPSA) is 43.8 Å². The van der Waals surface area contributed by atoms with E-state index >= 15 is 0 Å². The molecule has 2 fully saturated rings. The number of hydrogen-bond donors (Lipinski definition) is 1. The van der Waals surface area contributed by atoms with Crippen LogP contribution in [0.2, 0.25) is 0 Å². The molecule has 2 aliphatic rings. The molecular weight excluding hydrogens is 192 g/mol. The Kier molecular flexibility index (Phi) is 2.87. The van der Waals surface area contributed by atoms with E-state index in [1.54, 1.807) is 0 Å². The van der Waals surface area contributed by atoms with Crippen molar-refractivity contribution in [2.75, 3.05) is 26.2 Å². The molecule has 0 radical (unpaired) electrons. The van der Waals surface area contributed by atoms with Crippen LogP contribution < -0.4 is 0 Å². The molecule has 0 unspecified atom stereocenters. The number of carbonyl (C=O) groups excluding carboxylic acids is 1. The van der Waals surface area contributed by atoms with Crippen molar-refractivity contribution in [3.8, 4) is 0 Å². The zero-order valence-electron chi connectivity index (χ0n) is 9.41. The van der Waals surface area contributed by atoms with Crippen molar-refractivity contribution in [2.24, 2.45) is 0 Å². The predicted molar refractivity (Wildman–Crippen MR) is 57.6 cm³/mol. The molecule has 2 saturated heterocycles. The number of hydrogen-bond acceptors (Lipinski definition) is 2. The molecule has 15 heavy (non-hydrogen) atoms. The molecule has 0 saturated carbocycles. The van der Waals surface area contributed by atoms with E-state index in [1.165, 1.54) is 0 Å². The second-order valence-electron chi connectivity index (χ2n) is 4.96. The van der Waals surface area contributed by atoms with Gasteiger partial charge in [0.15, 0.2) is 0 Å². The van der Waals surface area contributed by atoms with Gasteiger partial charge in [-0.25, -0.2) is 4.79 Å². The fourth-order valence-corrected chi connectivity index (χ4v) is 2.29. The van der Waals surface area contributed by atoms with E-state index < -0.39 is 5.60 Å². The van der Waals surface area contributed by atoms with Gasteiger partial charge in [0.1, 0.15) is 0 Å². The average Bonchev–Trinajstić information content (AvgIpc) is 2.69. The number of aliphatic hydroxyl groups is 1. The Bertz CT molecular complexity index is 237. The lowest BCUT2D eigenvalue weighted by Gasteiger charge is -2.37. The summed E-state index contributed by atoms with van der Waals surface area (Å²) in [5.41, 5.74) is -0.568. The molecule has 86 valence electrons. The van der Waals surface area contributed by atoms with Crippen molar-refractivity contribution in [3.63, 3.8) is 0 Å². The van der Waals surface area contributed by atoms with Gasteiger partial charge in [0, 0.05) is 26.2 Å². The van der Waals surface area contributed by atoms with Crippen LogP contribution in [0.1, 0.15) is 32.6 Å². The summed E-state index contributed by atoms with van der Waals surface area (Å²) in [6.07, 6.45) is 3.67. The standard InChI is InChI=1S/C11H20N2O2/c1-11(15)4-8-13(9-5-11)10(14)12-6-2-3-7-12/h15H,2-9H2,1H3. The molecule has 1 N–H and O–H groups in total. The first-order valence-electron chi connectivity index (χ1n) is 5.85. The maximum atomic E-state index is 12.0. The first-order valence-corrected chi connectivity index (χ1v) is 5.85. The Morgan fingerprint density at radius 1 is 1.07 bits per heavy atom. The molecule has 4 heteroatoms. The Labute approximate surface area is 90.9 Å². The Morgan fingerprint density at radius 3 is 2.07 bits per heavy atom. The van der Waals surface area contributed by atoms with Gasteiger partial charge in [-0.05, 0) is 32.6 Å². The van der Waals surface area contributed by atoms with Crippen LogP contribution in [0, 0.1) is 0 Å². The molecule has 0 bridgehead atoms. The van der Waals surface area contributed by atoms with Gasteiger partial charge in [-0.3, -0.25) is 0 Å². The average molecular weight is 212 g/mol. The normalized spacial score (nSPS) is 25.7. The molecule has 2 rings (SSSR count). The van der Waals surface area contributed by atoms with Gasteiger partial charge in [0.05, 0.1) is 5.60 Å². The second-order valence-corrected chi connectivity index (χ2v) is 4.96. The molecule has 2 amide bonds. The molecule has 0 aromatic heterocycles. The number of rotatable bonds is 0. The maximum absolute atomic E-state index is 12.0. The van der Waals surface area contributed by atoms with E-state index in [2.05, 4.69) is 0 Å². The van der Waals surface area contributed by atoms with Crippen LogP contribution in [0.4, 0.5) is 4.79 Å². The summed E-state index contributed by atoms with van der Waals surface area (Å²) in [7, 11) is 0. The zero-order chi connectivity index (χ0) is 10.9. The van der Waals surface area contributed by atoms with Crippen LogP contribution >= 0.6 is 0 Å². The van der Waals surface area contributed by atoms with Gasteiger partial charge in [0.25, 0.3) is 0 Å². The molecule has 0 aromatic carbocycles. The van der Waals surface area contributed by atoms with Crippen molar-refractivity contribution in [1.29, 1.82) is 0 Å². The molecule has 2 heterocycles. The van der Waals surface area contributed by atoms with E-state index in [0.717, 1.165) is 25.9 Å². The third kappa shape index (κ3) is 2.43. The molecule has 0 aliphatic carbocycles. The summed E-state index contributed by atoms with van der Waals surface area (Å²) in [6.45, 7) is 5.06. The minimum absolute atomic E-state index is 0.169. The number of nitrogens with zero attached hydrogens (tertiary/aromatic N) is 2. The van der Waals surface area contributed by atoms with Crippen LogP contribution in [0.3, 0.4) is 0 Å². The lowest BCUT2D eigenvalue weighted by molar-refractivity contribution is 0.00127. The van der Waals surface area contributed by atoms with Crippen LogP contribution in [-0.2, 0) is 0 Å². The predicted octanol–water partition coefficient (Wildman–Crippen LogP) is 1.05. The number of likely N-dealkylation sites (tertiary alicyclic amines) is 2. The van der Waals surface area contributed by atoms with E-state index in [-0.39, 0.29) is 6.03 Å². The highest BCUT2D eigenvalue weighted by Gasteiger charge is 2.32. The van der Waals surface area contributed by atoms with Gasteiger partial charge in [0.2, 0.25) is 0 Å². The second kappa shape index (κ2) is 4.00. The molecule has 4 nitrogen and oxygen atoms in total. The Balaban J connectivity index is 1.87. The number of piperidine rings is 1. The lowest BCUT2D eigenvalue weighted by atomic mass is 9.94. The van der Waals surface area contributed by atoms with Crippen molar-refractivity contribution in [3.05, 3.63) is 0 Å². The van der Waals surface area contributed by atoms with Crippen molar-refractivity contribution < 1.29 is 9.90 Å². The quantitative estimate of drug-likeness (QED) is 0.652. The Morgan fingerprint density at radius 2 is 1.53 bits per heavy atom. The fourth-order valence-electron chi connectivity index (χ4n) is 2.29. The fraction of sp³-hybridized carbons (Fsp3) is 0.909. The molecule has 0 aromatic rings. The highest BCUT2D eigenvalue weighted by Crippen LogP contribution is 2.22. The SMILES string of the molecule is CC1(O)CCN(C(=O)N2CCCC2)CC1. The summed E-state index contributed by atoms with van der Waals surface area (Å²) in [4.78, 5) is 15.8. The van der Waals surface area contributed by atoms with Crippen molar-refractivity contribution >= 4 is 6.03 Å². The number of amides is 2. The Hall–Kier alpha value is -0.770. The monoisotopic (exact) mass is 212 g/mol. The summed E-state index contributed by atoms with van der Waals surface area (Å²) >= 11 is 0. The molecule has 0 spiro atoms. The third-order valence-electron chi connectivity index (χ3n) is 3.49. The molecule has 2 aliphatic heterocycles. The molecular formula is C11H20N2O2. The van der Waals surface area contributed by atoms with E-state index in [1.807, 2.05) is 16.7 Å². The first kappa shape index (κ1) is 10.7. The van der Waals surface area contributed by atoms with Crippen LogP contribution in [-0.4, -0.2) is 52.7 Å². The lowest BCUT2D eigenvalue weighted by Crippen LogP contribution is -2.49.